The molecular formula is C13H19N3O3. The number of likely N-dealkylation sites (tertiary alicyclic amines) is 1. The number of carboxylic acid groups (broad SMARTS) is 1. The van der Waals surface area contributed by atoms with Crippen LogP contribution in [-0.4, -0.2) is 44.8 Å². The van der Waals surface area contributed by atoms with E-state index in [1.54, 1.807) is 22.7 Å². The molecule has 104 valence electrons. The lowest BCUT2D eigenvalue weighted by Gasteiger charge is -2.16. The van der Waals surface area contributed by atoms with Crippen LogP contribution in [-0.2, 0) is 11.8 Å². The molecule has 0 saturated carbocycles. The van der Waals surface area contributed by atoms with Gasteiger partial charge in [-0.2, -0.15) is 5.10 Å². The summed E-state index contributed by atoms with van der Waals surface area (Å²) < 4.78 is 1.60. The molecule has 1 aliphatic rings. The fourth-order valence-electron chi connectivity index (χ4n) is 2.55. The summed E-state index contributed by atoms with van der Waals surface area (Å²) in [4.78, 5) is 24.7. The second-order valence-electron chi connectivity index (χ2n) is 5.13. The molecule has 0 aromatic carbocycles. The number of hydrogen-bond donors (Lipinski definition) is 1. The van der Waals surface area contributed by atoms with Gasteiger partial charge in [0, 0.05) is 26.6 Å². The zero-order chi connectivity index (χ0) is 14.0. The highest BCUT2D eigenvalue weighted by molar-refractivity contribution is 5.92. The fraction of sp³-hybridized carbons (Fsp3) is 0.615. The van der Waals surface area contributed by atoms with Crippen LogP contribution in [0.2, 0.25) is 0 Å². The molecule has 1 aromatic rings. The smallest absolute Gasteiger partial charge is 0.303 e. The zero-order valence-electron chi connectivity index (χ0n) is 11.3. The fourth-order valence-corrected chi connectivity index (χ4v) is 2.55. The van der Waals surface area contributed by atoms with E-state index in [4.69, 9.17) is 5.11 Å². The number of carbonyl (C=O) groups excluding carboxylic acids is 1. The van der Waals surface area contributed by atoms with E-state index in [-0.39, 0.29) is 12.3 Å². The maximum Gasteiger partial charge on any atom is 0.303 e. The zero-order valence-corrected chi connectivity index (χ0v) is 11.3. The highest BCUT2D eigenvalue weighted by Gasteiger charge is 2.28. The topological polar surface area (TPSA) is 75.4 Å². The Kier molecular flexibility index (Phi) is 3.87. The molecule has 1 aromatic heterocycles. The maximum absolute atomic E-state index is 12.3. The molecule has 2 heterocycles. The Morgan fingerprint density at radius 3 is 2.84 bits per heavy atom. The number of aliphatic carboxylic acids is 1. The van der Waals surface area contributed by atoms with E-state index in [9.17, 15) is 9.59 Å². The number of carboxylic acids is 1. The Bertz CT molecular complexity index is 495. The van der Waals surface area contributed by atoms with Crippen LogP contribution >= 0.6 is 0 Å². The van der Waals surface area contributed by atoms with Crippen LogP contribution in [0.1, 0.15) is 35.4 Å². The summed E-state index contributed by atoms with van der Waals surface area (Å²) in [5, 5.41) is 12.8. The molecule has 1 saturated heterocycles. The first-order valence-corrected chi connectivity index (χ1v) is 6.49. The number of hydrogen-bond acceptors (Lipinski definition) is 3. The Morgan fingerprint density at radius 1 is 1.53 bits per heavy atom. The van der Waals surface area contributed by atoms with Crippen molar-refractivity contribution in [1.82, 2.24) is 14.7 Å². The van der Waals surface area contributed by atoms with Gasteiger partial charge in [0.25, 0.3) is 5.91 Å². The van der Waals surface area contributed by atoms with Crippen molar-refractivity contribution in [3.05, 3.63) is 17.5 Å². The number of carbonyl (C=O) groups is 2. The Labute approximate surface area is 112 Å². The first-order valence-electron chi connectivity index (χ1n) is 6.49. The van der Waals surface area contributed by atoms with Gasteiger partial charge < -0.3 is 10.0 Å². The molecule has 6 heteroatoms. The Balaban J connectivity index is 1.95. The minimum Gasteiger partial charge on any atom is -0.481 e. The lowest BCUT2D eigenvalue weighted by atomic mass is 10.0. The van der Waals surface area contributed by atoms with Crippen LogP contribution in [0.25, 0.3) is 0 Å². The summed E-state index contributed by atoms with van der Waals surface area (Å²) in [7, 11) is 1.76. The van der Waals surface area contributed by atoms with E-state index in [2.05, 4.69) is 5.10 Å². The number of rotatable bonds is 4. The van der Waals surface area contributed by atoms with Gasteiger partial charge in [-0.1, -0.05) is 0 Å². The van der Waals surface area contributed by atoms with Gasteiger partial charge in [-0.3, -0.25) is 14.3 Å². The molecule has 1 fully saturated rings. The summed E-state index contributed by atoms with van der Waals surface area (Å²) in [6, 6.07) is 1.78. The molecule has 1 amide bonds. The summed E-state index contributed by atoms with van der Waals surface area (Å²) >= 11 is 0. The molecular weight excluding hydrogens is 246 g/mol. The maximum atomic E-state index is 12.3. The molecule has 1 aliphatic heterocycles. The van der Waals surface area contributed by atoms with Gasteiger partial charge in [0.1, 0.15) is 5.69 Å². The second kappa shape index (κ2) is 5.42. The molecule has 0 bridgehead atoms. The van der Waals surface area contributed by atoms with Crippen LogP contribution in [0.5, 0.6) is 0 Å². The van der Waals surface area contributed by atoms with Crippen LogP contribution in [0.4, 0.5) is 0 Å². The number of amides is 1. The number of aromatic nitrogens is 2. The molecule has 19 heavy (non-hydrogen) atoms. The minimum absolute atomic E-state index is 0.0130. The lowest BCUT2D eigenvalue weighted by molar-refractivity contribution is -0.137. The van der Waals surface area contributed by atoms with Crippen molar-refractivity contribution in [2.24, 2.45) is 13.0 Å². The van der Waals surface area contributed by atoms with Gasteiger partial charge in [-0.25, -0.2) is 0 Å². The molecule has 0 radical (unpaired) electrons. The summed E-state index contributed by atoms with van der Waals surface area (Å²) in [6.45, 7) is 3.21. The normalized spacial score (nSPS) is 18.8. The average molecular weight is 265 g/mol. The predicted octanol–water partition coefficient (Wildman–Crippen LogP) is 1.06. The van der Waals surface area contributed by atoms with Gasteiger partial charge >= 0.3 is 5.97 Å². The molecule has 0 spiro atoms. The van der Waals surface area contributed by atoms with Gasteiger partial charge in [-0.05, 0) is 31.7 Å². The van der Waals surface area contributed by atoms with E-state index >= 15 is 0 Å². The average Bonchev–Trinajstić information content (AvgIpc) is 2.92. The molecule has 1 unspecified atom stereocenters. The third-order valence-corrected chi connectivity index (χ3v) is 3.56. The highest BCUT2D eigenvalue weighted by atomic mass is 16.4. The summed E-state index contributed by atoms with van der Waals surface area (Å²) in [6.07, 6.45) is 1.71. The van der Waals surface area contributed by atoms with Crippen molar-refractivity contribution in [1.29, 1.82) is 0 Å². The first kappa shape index (κ1) is 13.6. The number of nitrogens with zero attached hydrogens (tertiary/aromatic N) is 3. The third-order valence-electron chi connectivity index (χ3n) is 3.56. The molecule has 1 N–H and O–H groups in total. The highest BCUT2D eigenvalue weighted by Crippen LogP contribution is 2.22. The van der Waals surface area contributed by atoms with E-state index in [1.165, 1.54) is 0 Å². The molecule has 0 aliphatic carbocycles. The van der Waals surface area contributed by atoms with Crippen molar-refractivity contribution in [3.8, 4) is 0 Å². The van der Waals surface area contributed by atoms with Crippen molar-refractivity contribution in [2.45, 2.75) is 26.2 Å². The van der Waals surface area contributed by atoms with Crippen LogP contribution in [0.3, 0.4) is 0 Å². The largest absolute Gasteiger partial charge is 0.481 e. The van der Waals surface area contributed by atoms with Gasteiger partial charge in [0.15, 0.2) is 0 Å². The van der Waals surface area contributed by atoms with E-state index in [0.29, 0.717) is 31.1 Å². The van der Waals surface area contributed by atoms with E-state index < -0.39 is 5.97 Å². The second-order valence-corrected chi connectivity index (χ2v) is 5.13. The number of aryl methyl sites for hydroxylation is 2. The van der Waals surface area contributed by atoms with Crippen molar-refractivity contribution < 1.29 is 14.7 Å². The minimum atomic E-state index is -0.771. The van der Waals surface area contributed by atoms with E-state index in [0.717, 1.165) is 12.1 Å². The first-order chi connectivity index (χ1) is 8.97. The molecule has 6 nitrogen and oxygen atoms in total. The van der Waals surface area contributed by atoms with Crippen LogP contribution < -0.4 is 0 Å². The summed E-state index contributed by atoms with van der Waals surface area (Å²) in [5.74, 6) is -0.484. The standard InChI is InChI=1S/C13H19N3O3/c1-9-7-11(15(2)14-9)13(19)16-6-5-10(8-16)3-4-12(17)18/h7,10H,3-6,8H2,1-2H3,(H,17,18). The van der Waals surface area contributed by atoms with E-state index in [1.807, 2.05) is 6.92 Å². The molecule has 1 atom stereocenters. The Hall–Kier alpha value is -1.85. The van der Waals surface area contributed by atoms with Gasteiger partial charge in [0.2, 0.25) is 0 Å². The van der Waals surface area contributed by atoms with Gasteiger partial charge in [-0.15, -0.1) is 0 Å². The van der Waals surface area contributed by atoms with Crippen molar-refractivity contribution >= 4 is 11.9 Å². The SMILES string of the molecule is Cc1cc(C(=O)N2CCC(CCC(=O)O)C2)n(C)n1. The third kappa shape index (κ3) is 3.13. The summed E-state index contributed by atoms with van der Waals surface area (Å²) in [5.41, 5.74) is 1.42. The lowest BCUT2D eigenvalue weighted by Crippen LogP contribution is -2.30. The van der Waals surface area contributed by atoms with Crippen LogP contribution in [0, 0.1) is 12.8 Å². The molecule has 2 rings (SSSR count). The predicted molar refractivity (Wildman–Crippen MR) is 68.8 cm³/mol. The Morgan fingerprint density at radius 2 is 2.26 bits per heavy atom. The monoisotopic (exact) mass is 265 g/mol. The quantitative estimate of drug-likeness (QED) is 0.883. The van der Waals surface area contributed by atoms with Crippen molar-refractivity contribution in [3.63, 3.8) is 0 Å². The van der Waals surface area contributed by atoms with Crippen molar-refractivity contribution in [2.75, 3.05) is 13.1 Å². The van der Waals surface area contributed by atoms with Gasteiger partial charge in [0.05, 0.1) is 5.69 Å². The van der Waals surface area contributed by atoms with Crippen LogP contribution in [0.15, 0.2) is 6.07 Å².